The Hall–Kier alpha value is -0.810. The molecule has 17 heavy (non-hydrogen) atoms. The van der Waals surface area contributed by atoms with Crippen molar-refractivity contribution < 1.29 is 14.6 Å². The largest absolute Gasteiger partial charge is 0.444 e. The third kappa shape index (κ3) is 5.89. The predicted molar refractivity (Wildman–Crippen MR) is 65.9 cm³/mol. The summed E-state index contributed by atoms with van der Waals surface area (Å²) in [6.07, 6.45) is 2.31. The van der Waals surface area contributed by atoms with Crippen LogP contribution >= 0.6 is 0 Å². The van der Waals surface area contributed by atoms with Crippen molar-refractivity contribution in [3.05, 3.63) is 0 Å². The van der Waals surface area contributed by atoms with Gasteiger partial charge in [-0.1, -0.05) is 0 Å². The Morgan fingerprint density at radius 2 is 2.06 bits per heavy atom. The molecule has 1 aliphatic carbocycles. The number of aliphatic hydroxyl groups is 1. The van der Waals surface area contributed by atoms with Crippen molar-refractivity contribution >= 4 is 6.09 Å². The van der Waals surface area contributed by atoms with E-state index >= 15 is 0 Å². The van der Waals surface area contributed by atoms with Gasteiger partial charge in [0.1, 0.15) is 5.60 Å². The summed E-state index contributed by atoms with van der Waals surface area (Å²) in [6, 6.07) is 0.176. The first-order chi connectivity index (χ1) is 7.88. The second kappa shape index (κ2) is 6.21. The molecular formula is C12H24N2O3. The fraction of sp³-hybridized carbons (Fsp3) is 0.917. The summed E-state index contributed by atoms with van der Waals surface area (Å²) in [5.74, 6) is 0. The molecule has 0 saturated heterocycles. The summed E-state index contributed by atoms with van der Waals surface area (Å²) in [6.45, 7) is 6.66. The lowest BCUT2D eigenvalue weighted by Crippen LogP contribution is -2.41. The Labute approximate surface area is 103 Å². The number of nitrogens with one attached hydrogen (secondary N) is 2. The van der Waals surface area contributed by atoms with E-state index in [1.807, 2.05) is 20.8 Å². The highest BCUT2D eigenvalue weighted by Crippen LogP contribution is 2.18. The lowest BCUT2D eigenvalue weighted by molar-refractivity contribution is 0.0527. The van der Waals surface area contributed by atoms with E-state index in [2.05, 4.69) is 10.6 Å². The van der Waals surface area contributed by atoms with Crippen LogP contribution in [-0.2, 0) is 4.74 Å². The first kappa shape index (κ1) is 14.3. The second-order valence-electron chi connectivity index (χ2n) is 5.49. The summed E-state index contributed by atoms with van der Waals surface area (Å²) in [5, 5.41) is 15.5. The molecule has 5 heteroatoms. The van der Waals surface area contributed by atoms with Crippen LogP contribution in [0.15, 0.2) is 0 Å². The van der Waals surface area contributed by atoms with Crippen LogP contribution in [0.4, 0.5) is 4.79 Å². The average molecular weight is 244 g/mol. The zero-order valence-electron chi connectivity index (χ0n) is 11.0. The highest BCUT2D eigenvalue weighted by molar-refractivity contribution is 5.67. The van der Waals surface area contributed by atoms with Crippen molar-refractivity contribution in [2.45, 2.75) is 57.8 Å². The summed E-state index contributed by atoms with van der Waals surface area (Å²) >= 11 is 0. The molecule has 0 aliphatic heterocycles. The maximum Gasteiger partial charge on any atom is 0.407 e. The van der Waals surface area contributed by atoms with Gasteiger partial charge in [0, 0.05) is 19.1 Å². The molecule has 2 atom stereocenters. The Kier molecular flexibility index (Phi) is 5.21. The molecule has 0 aromatic rings. The maximum absolute atomic E-state index is 11.3. The average Bonchev–Trinajstić information content (AvgIpc) is 2.56. The van der Waals surface area contributed by atoms with E-state index in [4.69, 9.17) is 4.74 Å². The van der Waals surface area contributed by atoms with Gasteiger partial charge < -0.3 is 20.5 Å². The van der Waals surface area contributed by atoms with Crippen molar-refractivity contribution in [2.24, 2.45) is 0 Å². The van der Waals surface area contributed by atoms with Gasteiger partial charge in [-0.05, 0) is 40.0 Å². The van der Waals surface area contributed by atoms with Crippen molar-refractivity contribution in [3.8, 4) is 0 Å². The minimum Gasteiger partial charge on any atom is -0.444 e. The topological polar surface area (TPSA) is 70.6 Å². The van der Waals surface area contributed by atoms with Gasteiger partial charge in [-0.3, -0.25) is 0 Å². The molecule has 100 valence electrons. The van der Waals surface area contributed by atoms with Crippen molar-refractivity contribution in [2.75, 3.05) is 13.1 Å². The third-order valence-electron chi connectivity index (χ3n) is 2.68. The number of hydrogen-bond acceptors (Lipinski definition) is 4. The smallest absolute Gasteiger partial charge is 0.407 e. The monoisotopic (exact) mass is 244 g/mol. The summed E-state index contributed by atoms with van der Waals surface area (Å²) in [5.41, 5.74) is -0.459. The van der Waals surface area contributed by atoms with Crippen molar-refractivity contribution in [3.63, 3.8) is 0 Å². The number of carbonyl (C=O) groups excluding carboxylic acids is 1. The predicted octanol–water partition coefficient (Wildman–Crippen LogP) is 1.01. The minimum absolute atomic E-state index is 0.176. The highest BCUT2D eigenvalue weighted by Gasteiger charge is 2.24. The fourth-order valence-electron chi connectivity index (χ4n) is 1.91. The quantitative estimate of drug-likeness (QED) is 0.646. The van der Waals surface area contributed by atoms with E-state index in [9.17, 15) is 9.90 Å². The van der Waals surface area contributed by atoms with E-state index < -0.39 is 11.7 Å². The molecule has 5 nitrogen and oxygen atoms in total. The molecule has 0 heterocycles. The van der Waals surface area contributed by atoms with Crippen molar-refractivity contribution in [1.29, 1.82) is 0 Å². The lowest BCUT2D eigenvalue weighted by atomic mass is 10.2. The van der Waals surface area contributed by atoms with E-state index in [1.54, 1.807) is 0 Å². The molecule has 1 aliphatic rings. The number of rotatable bonds is 4. The standard InChI is InChI=1S/C12H24N2O3/c1-12(2,3)17-11(16)14-8-7-13-9-5-4-6-10(9)15/h9-10,13,15H,4-8H2,1-3H3,(H,14,16). The Morgan fingerprint density at radius 1 is 1.35 bits per heavy atom. The first-order valence-corrected chi connectivity index (χ1v) is 6.27. The Bertz CT molecular complexity index is 251. The molecule has 1 saturated carbocycles. The van der Waals surface area contributed by atoms with Crippen LogP contribution in [0.25, 0.3) is 0 Å². The van der Waals surface area contributed by atoms with Crippen LogP contribution in [0.2, 0.25) is 0 Å². The van der Waals surface area contributed by atoms with Gasteiger partial charge in [0.25, 0.3) is 0 Å². The molecule has 0 spiro atoms. The van der Waals surface area contributed by atoms with Gasteiger partial charge in [-0.25, -0.2) is 4.79 Å². The van der Waals surface area contributed by atoms with Gasteiger partial charge >= 0.3 is 6.09 Å². The summed E-state index contributed by atoms with van der Waals surface area (Å²) in [4.78, 5) is 11.3. The molecule has 0 aromatic carbocycles. The highest BCUT2D eigenvalue weighted by atomic mass is 16.6. The molecule has 0 bridgehead atoms. The zero-order chi connectivity index (χ0) is 12.9. The molecule has 1 amide bonds. The molecule has 0 aromatic heterocycles. The number of amides is 1. The molecule has 1 fully saturated rings. The fourth-order valence-corrected chi connectivity index (χ4v) is 1.91. The van der Waals surface area contributed by atoms with Crippen LogP contribution in [0.3, 0.4) is 0 Å². The lowest BCUT2D eigenvalue weighted by Gasteiger charge is -2.20. The molecule has 2 unspecified atom stereocenters. The minimum atomic E-state index is -0.459. The van der Waals surface area contributed by atoms with Crippen LogP contribution in [0.1, 0.15) is 40.0 Å². The molecule has 1 rings (SSSR count). The first-order valence-electron chi connectivity index (χ1n) is 6.27. The zero-order valence-corrected chi connectivity index (χ0v) is 11.0. The Balaban J connectivity index is 2.06. The number of ether oxygens (including phenoxy) is 1. The number of alkyl carbamates (subject to hydrolysis) is 1. The van der Waals surface area contributed by atoms with Crippen LogP contribution < -0.4 is 10.6 Å². The van der Waals surface area contributed by atoms with E-state index in [0.717, 1.165) is 19.3 Å². The van der Waals surface area contributed by atoms with Crippen LogP contribution in [0.5, 0.6) is 0 Å². The van der Waals surface area contributed by atoms with Crippen LogP contribution in [-0.4, -0.2) is 42.0 Å². The normalized spacial score (nSPS) is 24.7. The number of carbonyl (C=O) groups is 1. The second-order valence-corrected chi connectivity index (χ2v) is 5.49. The van der Waals surface area contributed by atoms with E-state index in [-0.39, 0.29) is 12.1 Å². The molecule has 0 radical (unpaired) electrons. The van der Waals surface area contributed by atoms with Crippen LogP contribution in [0, 0.1) is 0 Å². The van der Waals surface area contributed by atoms with E-state index in [0.29, 0.717) is 13.1 Å². The SMILES string of the molecule is CC(C)(C)OC(=O)NCCNC1CCCC1O. The summed E-state index contributed by atoms with van der Waals surface area (Å²) in [7, 11) is 0. The maximum atomic E-state index is 11.3. The number of hydrogen-bond donors (Lipinski definition) is 3. The number of aliphatic hydroxyl groups excluding tert-OH is 1. The van der Waals surface area contributed by atoms with E-state index in [1.165, 1.54) is 0 Å². The van der Waals surface area contributed by atoms with Gasteiger partial charge in [0.05, 0.1) is 6.10 Å². The van der Waals surface area contributed by atoms with Crippen molar-refractivity contribution in [1.82, 2.24) is 10.6 Å². The third-order valence-corrected chi connectivity index (χ3v) is 2.68. The van der Waals surface area contributed by atoms with Gasteiger partial charge in [-0.15, -0.1) is 0 Å². The Morgan fingerprint density at radius 3 is 2.59 bits per heavy atom. The molecule has 3 N–H and O–H groups in total. The van der Waals surface area contributed by atoms with Gasteiger partial charge in [-0.2, -0.15) is 0 Å². The summed E-state index contributed by atoms with van der Waals surface area (Å²) < 4.78 is 5.10. The van der Waals surface area contributed by atoms with Gasteiger partial charge in [0.2, 0.25) is 0 Å². The molecular weight excluding hydrogens is 220 g/mol. The van der Waals surface area contributed by atoms with Gasteiger partial charge in [0.15, 0.2) is 0 Å².